The summed E-state index contributed by atoms with van der Waals surface area (Å²) in [7, 11) is -0.191. The van der Waals surface area contributed by atoms with E-state index in [1.165, 1.54) is 0 Å². The average Bonchev–Trinajstić information content (AvgIpc) is 3.42. The van der Waals surface area contributed by atoms with Crippen molar-refractivity contribution >= 4 is 19.7 Å². The molecule has 4 rings (SSSR count). The Morgan fingerprint density at radius 1 is 1.22 bits per heavy atom. The lowest BCUT2D eigenvalue weighted by molar-refractivity contribution is -0.0247. The van der Waals surface area contributed by atoms with Gasteiger partial charge in [-0.3, -0.25) is 0 Å². The van der Waals surface area contributed by atoms with Gasteiger partial charge in [0.25, 0.3) is 0 Å². The molecule has 0 aromatic carbocycles. The first kappa shape index (κ1) is 26.6. The van der Waals surface area contributed by atoms with Crippen LogP contribution in [0.15, 0.2) is 30.6 Å². The molecule has 9 heteroatoms. The smallest absolute Gasteiger partial charge is 0.192 e. The normalized spacial score (nSPS) is 19.7. The number of hydrogen-bond acceptors (Lipinski definition) is 7. The lowest BCUT2D eigenvalue weighted by Crippen LogP contribution is -2.44. The molecule has 1 fully saturated rings. The van der Waals surface area contributed by atoms with Crippen LogP contribution in [0, 0.1) is 6.92 Å². The summed E-state index contributed by atoms with van der Waals surface area (Å²) in [5, 5.41) is 0.136. The molecule has 8 nitrogen and oxygen atoms in total. The number of ether oxygens (including phenoxy) is 3. The molecule has 0 radical (unpaired) electrons. The molecule has 0 unspecified atom stereocenters. The molecule has 0 bridgehead atoms. The first-order valence-corrected chi connectivity index (χ1v) is 15.5. The summed E-state index contributed by atoms with van der Waals surface area (Å²) in [6.45, 7) is 16.9. The van der Waals surface area contributed by atoms with E-state index in [0.717, 1.165) is 40.3 Å². The van der Waals surface area contributed by atoms with E-state index in [4.69, 9.17) is 29.4 Å². The fourth-order valence-corrected chi connectivity index (χ4v) is 5.81. The van der Waals surface area contributed by atoms with Crippen LogP contribution in [0.3, 0.4) is 0 Å². The zero-order chi connectivity index (χ0) is 26.3. The van der Waals surface area contributed by atoms with Gasteiger partial charge in [0, 0.05) is 49.6 Å². The zero-order valence-corrected chi connectivity index (χ0v) is 23.8. The standard InChI is InChI=1S/C27H40N4O4Si/c1-18-11-21(23-14-25(28)29-17-31(18)23)22-12-20(13-24(30-22)27(32-6)9-10-33-16-27)34-15-19(2)35-36(7,8)26(3,4)5/h11-14,17,19H,9-10,15-16,28H2,1-8H3/t19-,27-/m1/s1. The maximum absolute atomic E-state index is 6.51. The van der Waals surface area contributed by atoms with E-state index in [1.807, 2.05) is 29.5 Å². The van der Waals surface area contributed by atoms with Crippen molar-refractivity contribution in [3.05, 3.63) is 42.0 Å². The first-order chi connectivity index (χ1) is 16.8. The van der Waals surface area contributed by atoms with Crippen LogP contribution in [-0.4, -0.2) is 55.7 Å². The van der Waals surface area contributed by atoms with Crippen LogP contribution < -0.4 is 10.5 Å². The predicted octanol–water partition coefficient (Wildman–Crippen LogP) is 5.34. The van der Waals surface area contributed by atoms with E-state index >= 15 is 0 Å². The number of anilines is 1. The Morgan fingerprint density at radius 2 is 1.97 bits per heavy atom. The molecule has 1 aliphatic rings. The number of hydrogen-bond donors (Lipinski definition) is 1. The van der Waals surface area contributed by atoms with E-state index in [-0.39, 0.29) is 11.1 Å². The maximum atomic E-state index is 6.51. The van der Waals surface area contributed by atoms with Crippen LogP contribution in [-0.2, 0) is 19.5 Å². The molecule has 0 aliphatic carbocycles. The largest absolute Gasteiger partial charge is 0.491 e. The Balaban J connectivity index is 1.71. The van der Waals surface area contributed by atoms with Gasteiger partial charge in [-0.2, -0.15) is 0 Å². The number of pyridine rings is 1. The van der Waals surface area contributed by atoms with Crippen LogP contribution in [0.4, 0.5) is 5.82 Å². The van der Waals surface area contributed by atoms with Crippen molar-refractivity contribution in [3.63, 3.8) is 0 Å². The highest BCUT2D eigenvalue weighted by molar-refractivity contribution is 6.74. The van der Waals surface area contributed by atoms with E-state index in [2.05, 4.69) is 51.8 Å². The summed E-state index contributed by atoms with van der Waals surface area (Å²) in [4.78, 5) is 9.30. The minimum absolute atomic E-state index is 0.0411. The number of nitrogens with zero attached hydrogens (tertiary/aromatic N) is 3. The number of fused-ring (bicyclic) bond motifs is 1. The molecule has 1 aliphatic heterocycles. The minimum Gasteiger partial charge on any atom is -0.491 e. The van der Waals surface area contributed by atoms with E-state index in [1.54, 1.807) is 13.4 Å². The van der Waals surface area contributed by atoms with Gasteiger partial charge in [-0.15, -0.1) is 0 Å². The second kappa shape index (κ2) is 9.78. The lowest BCUT2D eigenvalue weighted by atomic mass is 9.97. The van der Waals surface area contributed by atoms with Gasteiger partial charge in [0.05, 0.1) is 29.6 Å². The van der Waals surface area contributed by atoms with Crippen LogP contribution in [0.1, 0.15) is 45.5 Å². The van der Waals surface area contributed by atoms with Crippen LogP contribution in [0.2, 0.25) is 18.1 Å². The fourth-order valence-electron chi connectivity index (χ4n) is 4.38. The molecule has 3 aromatic heterocycles. The molecule has 2 N–H and O–H groups in total. The number of rotatable bonds is 8. The molecule has 0 amide bonds. The highest BCUT2D eigenvalue weighted by Gasteiger charge is 2.40. The Bertz CT molecular complexity index is 1230. The molecular formula is C27H40N4O4Si. The van der Waals surface area contributed by atoms with Crippen molar-refractivity contribution in [1.82, 2.24) is 14.4 Å². The maximum Gasteiger partial charge on any atom is 0.192 e. The molecule has 0 saturated carbocycles. The summed E-state index contributed by atoms with van der Waals surface area (Å²) in [6.07, 6.45) is 2.43. The number of aryl methyl sites for hydroxylation is 1. The van der Waals surface area contributed by atoms with Gasteiger partial charge < -0.3 is 28.8 Å². The zero-order valence-electron chi connectivity index (χ0n) is 22.8. The number of nitrogen functional groups attached to an aromatic ring is 1. The fraction of sp³-hybridized carbons (Fsp3) is 0.556. The SMILES string of the molecule is CO[C@]1(c2cc(OC[C@@H](C)O[Si](C)(C)C(C)(C)C)cc(-c3cc(C)n4cnc(N)cc34)n2)CCOC1. The van der Waals surface area contributed by atoms with Crippen molar-refractivity contribution in [2.45, 2.75) is 70.9 Å². The topological polar surface area (TPSA) is 93.1 Å². The monoisotopic (exact) mass is 512 g/mol. The quantitative estimate of drug-likeness (QED) is 0.407. The molecule has 3 aromatic rings. The van der Waals surface area contributed by atoms with Crippen molar-refractivity contribution in [1.29, 1.82) is 0 Å². The second-order valence-corrected chi connectivity index (χ2v) is 16.1. The van der Waals surface area contributed by atoms with Crippen molar-refractivity contribution in [2.75, 3.05) is 32.7 Å². The van der Waals surface area contributed by atoms with Crippen LogP contribution in [0.5, 0.6) is 5.75 Å². The molecule has 0 spiro atoms. The second-order valence-electron chi connectivity index (χ2n) is 11.3. The first-order valence-electron chi connectivity index (χ1n) is 12.5. The minimum atomic E-state index is -1.90. The van der Waals surface area contributed by atoms with Crippen LogP contribution in [0.25, 0.3) is 16.8 Å². The highest BCUT2D eigenvalue weighted by atomic mass is 28.4. The van der Waals surface area contributed by atoms with Crippen LogP contribution >= 0.6 is 0 Å². The molecule has 4 heterocycles. The summed E-state index contributed by atoms with van der Waals surface area (Å²) >= 11 is 0. The van der Waals surface area contributed by atoms with Gasteiger partial charge in [-0.25, -0.2) is 9.97 Å². The van der Waals surface area contributed by atoms with Gasteiger partial charge in [-0.05, 0) is 38.0 Å². The molecule has 36 heavy (non-hydrogen) atoms. The van der Waals surface area contributed by atoms with E-state index in [9.17, 15) is 0 Å². The summed E-state index contributed by atoms with van der Waals surface area (Å²) < 4.78 is 26.6. The van der Waals surface area contributed by atoms with Gasteiger partial charge in [-0.1, -0.05) is 20.8 Å². The average molecular weight is 513 g/mol. The molecule has 196 valence electrons. The molecule has 2 atom stereocenters. The summed E-state index contributed by atoms with van der Waals surface area (Å²) in [5.41, 5.74) is 9.96. The molecular weight excluding hydrogens is 472 g/mol. The van der Waals surface area contributed by atoms with Gasteiger partial charge in [0.2, 0.25) is 0 Å². The van der Waals surface area contributed by atoms with Crippen molar-refractivity contribution in [3.8, 4) is 17.0 Å². The van der Waals surface area contributed by atoms with Gasteiger partial charge >= 0.3 is 0 Å². The third kappa shape index (κ3) is 5.15. The summed E-state index contributed by atoms with van der Waals surface area (Å²) in [5.74, 6) is 1.19. The van der Waals surface area contributed by atoms with Gasteiger partial charge in [0.15, 0.2) is 8.32 Å². The Kier molecular flexibility index (Phi) is 7.22. The Morgan fingerprint density at radius 3 is 2.61 bits per heavy atom. The van der Waals surface area contributed by atoms with E-state index in [0.29, 0.717) is 25.6 Å². The Labute approximate surface area is 215 Å². The number of aromatic nitrogens is 3. The van der Waals surface area contributed by atoms with Gasteiger partial charge in [0.1, 0.15) is 30.1 Å². The predicted molar refractivity (Wildman–Crippen MR) is 145 cm³/mol. The number of methoxy groups -OCH3 is 1. The van der Waals surface area contributed by atoms with E-state index < -0.39 is 13.9 Å². The summed E-state index contributed by atoms with van der Waals surface area (Å²) in [6, 6.07) is 7.92. The van der Waals surface area contributed by atoms with Crippen molar-refractivity contribution in [2.24, 2.45) is 0 Å². The highest BCUT2D eigenvalue weighted by Crippen LogP contribution is 2.39. The Hall–Kier alpha value is -2.46. The lowest BCUT2D eigenvalue weighted by Gasteiger charge is -2.38. The van der Waals surface area contributed by atoms with Crippen molar-refractivity contribution < 1.29 is 18.6 Å². The third-order valence-electron chi connectivity index (χ3n) is 7.58. The number of nitrogens with two attached hydrogens (primary N) is 1. The molecule has 1 saturated heterocycles. The third-order valence-corrected chi connectivity index (χ3v) is 12.2.